The Kier molecular flexibility index (Phi) is 10.8. The van der Waals surface area contributed by atoms with Crippen molar-refractivity contribution in [3.8, 4) is 11.5 Å². The van der Waals surface area contributed by atoms with E-state index in [1.54, 1.807) is 30.3 Å². The topological polar surface area (TPSA) is 105 Å². The van der Waals surface area contributed by atoms with Crippen LogP contribution in [0.25, 0.3) is 0 Å². The van der Waals surface area contributed by atoms with E-state index in [0.29, 0.717) is 46.7 Å². The molecule has 1 N–H and O–H groups in total. The van der Waals surface area contributed by atoms with Crippen molar-refractivity contribution >= 4 is 50.7 Å². The van der Waals surface area contributed by atoms with E-state index in [1.807, 2.05) is 44.2 Å². The van der Waals surface area contributed by atoms with Gasteiger partial charge in [0, 0.05) is 35.1 Å². The van der Waals surface area contributed by atoms with E-state index in [0.717, 1.165) is 16.1 Å². The molecule has 3 aromatic rings. The highest BCUT2D eigenvalue weighted by molar-refractivity contribution is 7.92. The number of sulfonamides is 1. The Labute approximate surface area is 262 Å². The number of halogens is 2. The molecule has 43 heavy (non-hydrogen) atoms. The van der Waals surface area contributed by atoms with E-state index in [-0.39, 0.29) is 30.6 Å². The third-order valence-corrected chi connectivity index (χ3v) is 8.85. The van der Waals surface area contributed by atoms with Gasteiger partial charge in [0.15, 0.2) is 11.5 Å². The molecule has 12 heteroatoms. The van der Waals surface area contributed by atoms with Gasteiger partial charge in [-0.3, -0.25) is 13.9 Å². The van der Waals surface area contributed by atoms with Gasteiger partial charge in [0.25, 0.3) is 0 Å². The van der Waals surface area contributed by atoms with Gasteiger partial charge in [-0.2, -0.15) is 0 Å². The molecule has 0 saturated heterocycles. The van der Waals surface area contributed by atoms with Crippen molar-refractivity contribution < 1.29 is 27.5 Å². The van der Waals surface area contributed by atoms with E-state index < -0.39 is 28.5 Å². The third-order valence-electron chi connectivity index (χ3n) is 7.12. The van der Waals surface area contributed by atoms with Gasteiger partial charge in [-0.15, -0.1) is 0 Å². The van der Waals surface area contributed by atoms with Crippen LogP contribution in [0.5, 0.6) is 11.5 Å². The van der Waals surface area contributed by atoms with Crippen molar-refractivity contribution in [3.63, 3.8) is 0 Å². The molecule has 0 saturated carbocycles. The zero-order chi connectivity index (χ0) is 31.1. The van der Waals surface area contributed by atoms with E-state index in [9.17, 15) is 18.0 Å². The Morgan fingerprint density at radius 2 is 1.67 bits per heavy atom. The van der Waals surface area contributed by atoms with Crippen LogP contribution in [0.4, 0.5) is 5.69 Å². The zero-order valence-corrected chi connectivity index (χ0v) is 26.6. The maximum absolute atomic E-state index is 14.3. The molecule has 0 aromatic heterocycles. The van der Waals surface area contributed by atoms with Crippen LogP contribution in [0.15, 0.2) is 66.7 Å². The first-order valence-electron chi connectivity index (χ1n) is 13.9. The lowest BCUT2D eigenvalue weighted by Gasteiger charge is -2.34. The number of fused-ring (bicyclic) bond motifs is 1. The first-order valence-corrected chi connectivity index (χ1v) is 16.5. The monoisotopic (exact) mass is 647 g/mol. The van der Waals surface area contributed by atoms with E-state index in [1.165, 1.54) is 11.0 Å². The lowest BCUT2D eigenvalue weighted by Crippen LogP contribution is -2.54. The average Bonchev–Trinajstić information content (AvgIpc) is 2.98. The van der Waals surface area contributed by atoms with Crippen molar-refractivity contribution in [2.75, 3.05) is 30.3 Å². The van der Waals surface area contributed by atoms with Crippen LogP contribution in [0.3, 0.4) is 0 Å². The van der Waals surface area contributed by atoms with Gasteiger partial charge in [0.1, 0.15) is 25.8 Å². The highest BCUT2D eigenvalue weighted by Gasteiger charge is 2.34. The summed E-state index contributed by atoms with van der Waals surface area (Å²) >= 11 is 12.6. The highest BCUT2D eigenvalue weighted by atomic mass is 35.5. The molecule has 3 aromatic carbocycles. The van der Waals surface area contributed by atoms with Crippen molar-refractivity contribution in [3.05, 3.63) is 87.9 Å². The highest BCUT2D eigenvalue weighted by Crippen LogP contribution is 2.35. The number of hydrogen-bond donors (Lipinski definition) is 1. The molecule has 4 rings (SSSR count). The summed E-state index contributed by atoms with van der Waals surface area (Å²) in [6, 6.07) is 17.8. The molecule has 0 fully saturated rings. The van der Waals surface area contributed by atoms with Gasteiger partial charge >= 0.3 is 0 Å². The van der Waals surface area contributed by atoms with Crippen molar-refractivity contribution in [1.29, 1.82) is 0 Å². The van der Waals surface area contributed by atoms with Crippen LogP contribution in [0.2, 0.25) is 10.0 Å². The fourth-order valence-electron chi connectivity index (χ4n) is 4.63. The van der Waals surface area contributed by atoms with Crippen LogP contribution in [0.1, 0.15) is 31.4 Å². The van der Waals surface area contributed by atoms with Crippen LogP contribution in [-0.2, 0) is 32.6 Å². The lowest BCUT2D eigenvalue weighted by atomic mass is 10.0. The smallest absolute Gasteiger partial charge is 0.244 e. The summed E-state index contributed by atoms with van der Waals surface area (Å²) in [5.41, 5.74) is 1.62. The lowest BCUT2D eigenvalue weighted by molar-refractivity contribution is -0.140. The molecule has 0 radical (unpaired) electrons. The molecule has 2 amide bonds. The Hall–Kier alpha value is -3.47. The molecule has 9 nitrogen and oxygen atoms in total. The summed E-state index contributed by atoms with van der Waals surface area (Å²) in [4.78, 5) is 29.4. The van der Waals surface area contributed by atoms with Crippen molar-refractivity contribution in [2.24, 2.45) is 0 Å². The summed E-state index contributed by atoms with van der Waals surface area (Å²) in [5.74, 6) is -0.0867. The second-order valence-electron chi connectivity index (χ2n) is 10.4. The van der Waals surface area contributed by atoms with Gasteiger partial charge in [-0.05, 0) is 48.7 Å². The summed E-state index contributed by atoms with van der Waals surface area (Å²) in [7, 11) is -3.94. The fraction of sp³-hybridized carbons (Fsp3) is 0.355. The summed E-state index contributed by atoms with van der Waals surface area (Å²) in [6.45, 7) is 3.91. The minimum atomic E-state index is -3.94. The molecule has 230 valence electrons. The molecule has 0 bridgehead atoms. The maximum atomic E-state index is 14.3. The number of hydrogen-bond acceptors (Lipinski definition) is 6. The van der Waals surface area contributed by atoms with Gasteiger partial charge < -0.3 is 19.7 Å². The van der Waals surface area contributed by atoms with Crippen LogP contribution >= 0.6 is 23.2 Å². The number of anilines is 1. The van der Waals surface area contributed by atoms with Gasteiger partial charge in [-0.25, -0.2) is 8.42 Å². The summed E-state index contributed by atoms with van der Waals surface area (Å²) < 4.78 is 38.3. The molecule has 2 atom stereocenters. The number of nitrogens with one attached hydrogen (secondary N) is 1. The average molecular weight is 649 g/mol. The molecule has 2 unspecified atom stereocenters. The molecule has 1 aliphatic rings. The number of benzene rings is 3. The second kappa shape index (κ2) is 14.3. The normalized spacial score (nSPS) is 14.0. The van der Waals surface area contributed by atoms with Crippen LogP contribution in [-0.4, -0.2) is 63.2 Å². The molecule has 0 spiro atoms. The Morgan fingerprint density at radius 1 is 0.977 bits per heavy atom. The quantitative estimate of drug-likeness (QED) is 0.294. The Bertz CT molecular complexity index is 1550. The Balaban J connectivity index is 1.75. The summed E-state index contributed by atoms with van der Waals surface area (Å²) in [6.07, 6.45) is 1.91. The third kappa shape index (κ3) is 8.55. The minimum Gasteiger partial charge on any atom is -0.486 e. The molecule has 1 heterocycles. The molecule has 0 aliphatic carbocycles. The molecular formula is C31H35Cl2N3O6S. The summed E-state index contributed by atoms with van der Waals surface area (Å²) in [5, 5.41) is 3.73. The number of carbonyl (C=O) groups excluding carboxylic acids is 2. The van der Waals surface area contributed by atoms with Crippen LogP contribution in [0, 0.1) is 0 Å². The predicted octanol–water partition coefficient (Wildman–Crippen LogP) is 5.09. The number of rotatable bonds is 12. The predicted molar refractivity (Wildman–Crippen MR) is 168 cm³/mol. The van der Waals surface area contributed by atoms with Crippen molar-refractivity contribution in [1.82, 2.24) is 10.2 Å². The number of amides is 2. The zero-order valence-electron chi connectivity index (χ0n) is 24.3. The van der Waals surface area contributed by atoms with Crippen molar-refractivity contribution in [2.45, 2.75) is 45.3 Å². The van der Waals surface area contributed by atoms with Gasteiger partial charge in [0.05, 0.1) is 11.9 Å². The van der Waals surface area contributed by atoms with E-state index >= 15 is 0 Å². The van der Waals surface area contributed by atoms with E-state index in [2.05, 4.69) is 5.32 Å². The van der Waals surface area contributed by atoms with E-state index in [4.69, 9.17) is 32.7 Å². The standard InChI is InChI=1S/C31H35Cl2N3O6S/c1-4-21(2)34-31(38)27(16-22-8-6-5-7-9-22)35(19-23-10-11-24(32)17-26(23)33)30(37)20-36(43(3,39)40)25-12-13-28-29(18-25)42-15-14-41-28/h5-13,17-18,21,27H,4,14-16,19-20H2,1-3H3,(H,34,38). The van der Waals surface area contributed by atoms with Crippen LogP contribution < -0.4 is 19.1 Å². The maximum Gasteiger partial charge on any atom is 0.244 e. The fourth-order valence-corrected chi connectivity index (χ4v) is 5.94. The molecule has 1 aliphatic heterocycles. The first kappa shape index (κ1) is 32.4. The second-order valence-corrected chi connectivity index (χ2v) is 13.1. The van der Waals surface area contributed by atoms with Gasteiger partial charge in [0.2, 0.25) is 21.8 Å². The minimum absolute atomic E-state index is 0.0565. The first-order chi connectivity index (χ1) is 20.5. The Morgan fingerprint density at radius 3 is 2.33 bits per heavy atom. The SMILES string of the molecule is CCC(C)NC(=O)C(Cc1ccccc1)N(Cc1ccc(Cl)cc1Cl)C(=O)CN(c1ccc2c(c1)OCCO2)S(C)(=O)=O. The molecular weight excluding hydrogens is 613 g/mol. The number of ether oxygens (including phenoxy) is 2. The van der Waals surface area contributed by atoms with Gasteiger partial charge in [-0.1, -0.05) is 66.5 Å². The number of nitrogens with zero attached hydrogens (tertiary/aromatic N) is 2. The largest absolute Gasteiger partial charge is 0.486 e. The number of carbonyl (C=O) groups is 2.